The van der Waals surface area contributed by atoms with Crippen molar-refractivity contribution in [2.24, 2.45) is 0 Å². The number of ether oxygens (including phenoxy) is 7. The molecule has 0 N–H and O–H groups in total. The molecule has 4 aliphatic rings. The van der Waals surface area contributed by atoms with Crippen molar-refractivity contribution < 1.29 is 57.1 Å². The summed E-state index contributed by atoms with van der Waals surface area (Å²) in [5, 5.41) is 0. The van der Waals surface area contributed by atoms with Gasteiger partial charge in [-0.15, -0.1) is 0 Å². The van der Waals surface area contributed by atoms with Crippen molar-refractivity contribution in [3.05, 3.63) is 46.1 Å². The number of esters is 5. The number of hydrogen-bond donors (Lipinski definition) is 0. The highest BCUT2D eigenvalue weighted by molar-refractivity contribution is 5.94. The molecule has 0 radical (unpaired) electrons. The van der Waals surface area contributed by atoms with Crippen LogP contribution in [0.15, 0.2) is 46.1 Å². The molecule has 12 heteroatoms. The molecular weight excluding hydrogens is 540 g/mol. The molecule has 0 bridgehead atoms. The van der Waals surface area contributed by atoms with Crippen molar-refractivity contribution in [2.45, 2.75) is 90.7 Å². The molecule has 0 amide bonds. The first-order valence-corrected chi connectivity index (χ1v) is 13.2. The molecule has 7 unspecified atom stereocenters. The second-order valence-corrected chi connectivity index (χ2v) is 10.7. The number of hydrogen-bond acceptors (Lipinski definition) is 12. The first kappa shape index (κ1) is 30.2. The van der Waals surface area contributed by atoms with Crippen molar-refractivity contribution in [2.75, 3.05) is 13.2 Å². The van der Waals surface area contributed by atoms with Crippen LogP contribution in [-0.2, 0) is 57.1 Å². The maximum absolute atomic E-state index is 13.2. The Balaban J connectivity index is 1.89. The van der Waals surface area contributed by atoms with Crippen LogP contribution in [0, 0.1) is 0 Å². The van der Waals surface area contributed by atoms with Crippen LogP contribution in [0.5, 0.6) is 0 Å². The van der Waals surface area contributed by atoms with Gasteiger partial charge in [-0.2, -0.15) is 0 Å². The first-order valence-electron chi connectivity index (χ1n) is 13.2. The normalized spacial score (nSPS) is 33.0. The van der Waals surface area contributed by atoms with Crippen LogP contribution in [0.3, 0.4) is 0 Å². The molecule has 222 valence electrons. The fourth-order valence-electron chi connectivity index (χ4n) is 4.95. The maximum Gasteiger partial charge on any atom is 0.338 e. The molecule has 2 saturated heterocycles. The summed E-state index contributed by atoms with van der Waals surface area (Å²) in [7, 11) is 0. The molecule has 0 spiro atoms. The van der Waals surface area contributed by atoms with E-state index in [1.54, 1.807) is 33.8 Å². The van der Waals surface area contributed by atoms with Crippen molar-refractivity contribution >= 4 is 29.8 Å². The number of carbonyl (C=O) groups excluding carboxylic acids is 5. The zero-order valence-corrected chi connectivity index (χ0v) is 24.0. The van der Waals surface area contributed by atoms with Crippen LogP contribution in [-0.4, -0.2) is 85.3 Å². The summed E-state index contributed by atoms with van der Waals surface area (Å²) >= 11 is 0. The van der Waals surface area contributed by atoms with Crippen molar-refractivity contribution in [3.63, 3.8) is 0 Å². The molecule has 3 heterocycles. The van der Waals surface area contributed by atoms with Gasteiger partial charge in [0.2, 0.25) is 0 Å². The van der Waals surface area contributed by atoms with Gasteiger partial charge in [-0.1, -0.05) is 11.6 Å². The Kier molecular flexibility index (Phi) is 8.55. The van der Waals surface area contributed by atoms with Gasteiger partial charge in [0.05, 0.1) is 5.57 Å². The third kappa shape index (κ3) is 6.43. The number of fused-ring (bicyclic) bond motifs is 5. The Morgan fingerprint density at radius 2 is 1.66 bits per heavy atom. The molecular formula is C29H34O12. The standard InChI is InChI=1S/C29H34O12/c1-8-14(4)27(33)39-23-21-18(12-35-15(5)30)28(34)40-24(21)26-29(7,41-26)25-19(38-25)10-17(22(23)37-16(6)31)11-36-20(32)9-13(2)3/h8-10,19,22-26H,11-12H2,1-7H3/b14-8-,17-10-. The lowest BCUT2D eigenvalue weighted by Crippen LogP contribution is -2.44. The smallest absolute Gasteiger partial charge is 0.338 e. The Hall–Kier alpha value is -3.77. The molecule has 41 heavy (non-hydrogen) atoms. The van der Waals surface area contributed by atoms with Gasteiger partial charge in [0, 0.05) is 36.6 Å². The van der Waals surface area contributed by atoms with Crippen LogP contribution in [0.2, 0.25) is 0 Å². The average molecular weight is 575 g/mol. The van der Waals surface area contributed by atoms with Crippen molar-refractivity contribution in [3.8, 4) is 0 Å². The number of carbonyl (C=O) groups is 5. The van der Waals surface area contributed by atoms with E-state index < -0.39 is 78.7 Å². The van der Waals surface area contributed by atoms with Crippen LogP contribution < -0.4 is 0 Å². The SMILES string of the molecule is C/C=C(/C)C(=O)OC1C2=C(COC(C)=O)C(=O)OC2C2OC2(C)C2OC2/C=C(/COC(=O)C=C(C)C)C1OC(C)=O. The summed E-state index contributed by atoms with van der Waals surface area (Å²) in [6.45, 7) is 9.96. The van der Waals surface area contributed by atoms with Gasteiger partial charge in [-0.3, -0.25) is 9.59 Å². The molecule has 0 aromatic rings. The molecule has 2 fully saturated rings. The highest BCUT2D eigenvalue weighted by atomic mass is 16.7. The summed E-state index contributed by atoms with van der Waals surface area (Å²) in [4.78, 5) is 62.8. The summed E-state index contributed by atoms with van der Waals surface area (Å²) in [6.07, 6.45) is -1.02. The number of epoxide rings is 2. The van der Waals surface area contributed by atoms with E-state index >= 15 is 0 Å². The van der Waals surface area contributed by atoms with Gasteiger partial charge in [0.15, 0.2) is 18.3 Å². The summed E-state index contributed by atoms with van der Waals surface area (Å²) < 4.78 is 39.9. The third-order valence-corrected chi connectivity index (χ3v) is 7.20. The topological polar surface area (TPSA) is 157 Å². The van der Waals surface area contributed by atoms with E-state index in [1.807, 2.05) is 0 Å². The molecule has 3 aliphatic heterocycles. The molecule has 1 aliphatic carbocycles. The minimum absolute atomic E-state index is 0.0779. The van der Waals surface area contributed by atoms with E-state index in [0.717, 1.165) is 0 Å². The second kappa shape index (κ2) is 11.6. The first-order chi connectivity index (χ1) is 19.3. The predicted octanol–water partition coefficient (Wildman–Crippen LogP) is 1.96. The van der Waals surface area contributed by atoms with Gasteiger partial charge in [0.1, 0.15) is 37.1 Å². The van der Waals surface area contributed by atoms with Crippen LogP contribution in [0.4, 0.5) is 0 Å². The van der Waals surface area contributed by atoms with Gasteiger partial charge in [-0.25, -0.2) is 14.4 Å². The highest BCUT2D eigenvalue weighted by Crippen LogP contribution is 2.55. The number of allylic oxidation sites excluding steroid dienone is 2. The monoisotopic (exact) mass is 574 g/mol. The molecule has 0 aromatic heterocycles. The van der Waals surface area contributed by atoms with Gasteiger partial charge in [-0.05, 0) is 40.7 Å². The van der Waals surface area contributed by atoms with E-state index in [0.29, 0.717) is 5.57 Å². The lowest BCUT2D eigenvalue weighted by molar-refractivity contribution is -0.160. The van der Waals surface area contributed by atoms with E-state index in [2.05, 4.69) is 0 Å². The number of rotatable bonds is 8. The van der Waals surface area contributed by atoms with Crippen LogP contribution >= 0.6 is 0 Å². The van der Waals surface area contributed by atoms with Crippen LogP contribution in [0.1, 0.15) is 48.5 Å². The van der Waals surface area contributed by atoms with Crippen LogP contribution in [0.25, 0.3) is 0 Å². The summed E-state index contributed by atoms with van der Waals surface area (Å²) in [5.41, 5.74) is 0.380. The lowest BCUT2D eigenvalue weighted by Gasteiger charge is -2.32. The Morgan fingerprint density at radius 3 is 2.27 bits per heavy atom. The highest BCUT2D eigenvalue weighted by Gasteiger charge is 2.72. The Bertz CT molecular complexity index is 1280. The summed E-state index contributed by atoms with van der Waals surface area (Å²) in [5.74, 6) is -3.59. The molecule has 4 rings (SSSR count). The molecule has 12 nitrogen and oxygen atoms in total. The van der Waals surface area contributed by atoms with E-state index in [9.17, 15) is 24.0 Å². The lowest BCUT2D eigenvalue weighted by atomic mass is 9.85. The quantitative estimate of drug-likeness (QED) is 0.137. The van der Waals surface area contributed by atoms with Crippen molar-refractivity contribution in [1.82, 2.24) is 0 Å². The Morgan fingerprint density at radius 1 is 0.951 bits per heavy atom. The largest absolute Gasteiger partial charge is 0.461 e. The van der Waals surface area contributed by atoms with Gasteiger partial charge >= 0.3 is 29.8 Å². The molecule has 0 saturated carbocycles. The van der Waals surface area contributed by atoms with E-state index in [4.69, 9.17) is 33.2 Å². The minimum atomic E-state index is -1.44. The molecule has 0 aromatic carbocycles. The zero-order chi connectivity index (χ0) is 30.2. The van der Waals surface area contributed by atoms with Crippen molar-refractivity contribution in [1.29, 1.82) is 0 Å². The average Bonchev–Trinajstić information content (AvgIpc) is 3.78. The van der Waals surface area contributed by atoms with Gasteiger partial charge in [0.25, 0.3) is 0 Å². The zero-order valence-electron chi connectivity index (χ0n) is 24.0. The molecule has 7 atom stereocenters. The minimum Gasteiger partial charge on any atom is -0.461 e. The van der Waals surface area contributed by atoms with E-state index in [-0.39, 0.29) is 28.9 Å². The fraction of sp³-hybridized carbons (Fsp3) is 0.552. The summed E-state index contributed by atoms with van der Waals surface area (Å²) in [6, 6.07) is 0. The third-order valence-electron chi connectivity index (χ3n) is 7.20. The second-order valence-electron chi connectivity index (χ2n) is 10.7. The van der Waals surface area contributed by atoms with Gasteiger partial charge < -0.3 is 33.2 Å². The Labute approximate surface area is 237 Å². The van der Waals surface area contributed by atoms with E-state index in [1.165, 1.54) is 32.9 Å². The predicted molar refractivity (Wildman–Crippen MR) is 139 cm³/mol. The maximum atomic E-state index is 13.2. The fourth-order valence-corrected chi connectivity index (χ4v) is 4.95.